The minimum Gasteiger partial charge on any atom is -0.496 e. The third kappa shape index (κ3) is 5.67. The second-order valence-corrected chi connectivity index (χ2v) is 7.65. The first-order valence-corrected chi connectivity index (χ1v) is 10.0. The van der Waals surface area contributed by atoms with Crippen LogP contribution in [-0.4, -0.2) is 18.0 Å². The average molecular weight is 482 g/mol. The molecule has 0 aliphatic carbocycles. The summed E-state index contributed by atoms with van der Waals surface area (Å²) in [6.45, 7) is 3.06. The van der Waals surface area contributed by atoms with Gasteiger partial charge in [-0.15, -0.1) is 0 Å². The van der Waals surface area contributed by atoms with Crippen molar-refractivity contribution in [2.75, 3.05) is 12.4 Å². The van der Waals surface area contributed by atoms with E-state index in [4.69, 9.17) is 4.74 Å². The number of amides is 1. The minimum absolute atomic E-state index is 0.0263. The lowest BCUT2D eigenvalue weighted by Gasteiger charge is -2.18. The van der Waals surface area contributed by atoms with Crippen molar-refractivity contribution in [1.29, 1.82) is 0 Å². The number of anilines is 1. The molecule has 0 radical (unpaired) electrons. The van der Waals surface area contributed by atoms with Gasteiger partial charge in [0.1, 0.15) is 5.75 Å². The second kappa shape index (κ2) is 9.36. The largest absolute Gasteiger partial charge is 0.496 e. The lowest BCUT2D eigenvalue weighted by atomic mass is 9.95. The average Bonchev–Trinajstić information content (AvgIpc) is 2.77. The van der Waals surface area contributed by atoms with E-state index in [0.29, 0.717) is 23.4 Å². The fraction of sp³-hybridized carbons (Fsp3) is 0.250. The van der Waals surface area contributed by atoms with Gasteiger partial charge in [-0.2, -0.15) is 26.3 Å². The number of halogens is 6. The summed E-state index contributed by atoms with van der Waals surface area (Å²) in [5.74, 6) is -1.66. The summed E-state index contributed by atoms with van der Waals surface area (Å²) in [5, 5.41) is 2.53. The number of rotatable bonds is 5. The first-order chi connectivity index (χ1) is 15.8. The van der Waals surface area contributed by atoms with Crippen molar-refractivity contribution in [1.82, 2.24) is 4.98 Å². The van der Waals surface area contributed by atoms with Crippen molar-refractivity contribution in [2.24, 2.45) is 0 Å². The zero-order valence-electron chi connectivity index (χ0n) is 18.3. The van der Waals surface area contributed by atoms with E-state index >= 15 is 0 Å². The molecule has 0 bridgehead atoms. The topological polar surface area (TPSA) is 51.2 Å². The Bertz CT molecular complexity index is 1170. The van der Waals surface area contributed by atoms with Crippen LogP contribution < -0.4 is 10.1 Å². The zero-order valence-corrected chi connectivity index (χ0v) is 18.3. The number of benzene rings is 2. The Hall–Kier alpha value is -3.56. The third-order valence-electron chi connectivity index (χ3n) is 5.18. The van der Waals surface area contributed by atoms with E-state index in [1.807, 2.05) is 13.0 Å². The van der Waals surface area contributed by atoms with Gasteiger partial charge in [0.15, 0.2) is 0 Å². The molecule has 34 heavy (non-hydrogen) atoms. The maximum Gasteiger partial charge on any atom is 0.416 e. The number of methoxy groups -OCH3 is 1. The Morgan fingerprint density at radius 1 is 0.941 bits per heavy atom. The first-order valence-electron chi connectivity index (χ1n) is 10.0. The molecule has 0 fully saturated rings. The van der Waals surface area contributed by atoms with Gasteiger partial charge in [0.25, 0.3) is 0 Å². The van der Waals surface area contributed by atoms with Crippen molar-refractivity contribution < 1.29 is 35.9 Å². The van der Waals surface area contributed by atoms with Crippen LogP contribution in [0.15, 0.2) is 54.7 Å². The number of nitrogens with one attached hydrogen (secondary N) is 1. The highest BCUT2D eigenvalue weighted by Gasteiger charge is 2.37. The number of aromatic nitrogens is 1. The van der Waals surface area contributed by atoms with Crippen LogP contribution >= 0.6 is 0 Å². The summed E-state index contributed by atoms with van der Waals surface area (Å²) in [4.78, 5) is 16.8. The number of hydrogen-bond donors (Lipinski definition) is 1. The molecule has 0 saturated heterocycles. The lowest BCUT2D eigenvalue weighted by Crippen LogP contribution is -2.20. The number of alkyl halides is 6. The Morgan fingerprint density at radius 3 is 2.09 bits per heavy atom. The van der Waals surface area contributed by atoms with Gasteiger partial charge in [-0.25, -0.2) is 0 Å². The molecule has 3 rings (SSSR count). The molecule has 1 amide bonds. The van der Waals surface area contributed by atoms with Crippen molar-refractivity contribution >= 4 is 11.6 Å². The molecule has 1 unspecified atom stereocenters. The third-order valence-corrected chi connectivity index (χ3v) is 5.18. The Morgan fingerprint density at radius 2 is 1.56 bits per heavy atom. The Labute approximate surface area is 191 Å². The number of hydrogen-bond acceptors (Lipinski definition) is 3. The first kappa shape index (κ1) is 25.1. The van der Waals surface area contributed by atoms with Gasteiger partial charge in [-0.05, 0) is 67.4 Å². The fourth-order valence-corrected chi connectivity index (χ4v) is 3.35. The van der Waals surface area contributed by atoms with Gasteiger partial charge in [0, 0.05) is 29.2 Å². The molecule has 1 atom stereocenters. The molecule has 10 heteroatoms. The van der Waals surface area contributed by atoms with Crippen LogP contribution in [0.3, 0.4) is 0 Å². The normalized spacial score (nSPS) is 12.9. The number of aryl methyl sites for hydroxylation is 1. The predicted octanol–water partition coefficient (Wildman–Crippen LogP) is 6.85. The number of ether oxygens (including phenoxy) is 1. The zero-order chi connectivity index (χ0) is 25.3. The molecule has 180 valence electrons. The molecule has 4 nitrogen and oxygen atoms in total. The molecule has 2 aromatic carbocycles. The van der Waals surface area contributed by atoms with Crippen LogP contribution in [0.4, 0.5) is 32.0 Å². The highest BCUT2D eigenvalue weighted by Crippen LogP contribution is 2.38. The molecular formula is C24H20F6N2O2. The van der Waals surface area contributed by atoms with Crippen LogP contribution in [0.2, 0.25) is 0 Å². The lowest BCUT2D eigenvalue weighted by molar-refractivity contribution is -0.143. The van der Waals surface area contributed by atoms with Crippen LogP contribution in [-0.2, 0) is 17.1 Å². The van der Waals surface area contributed by atoms with Crippen LogP contribution in [0.25, 0.3) is 11.1 Å². The van der Waals surface area contributed by atoms with Gasteiger partial charge in [0.2, 0.25) is 5.91 Å². The van der Waals surface area contributed by atoms with E-state index < -0.39 is 40.9 Å². The maximum absolute atomic E-state index is 13.1. The summed E-state index contributed by atoms with van der Waals surface area (Å²) >= 11 is 0. The summed E-state index contributed by atoms with van der Waals surface area (Å²) in [7, 11) is 1.43. The van der Waals surface area contributed by atoms with Crippen molar-refractivity contribution in [2.45, 2.75) is 32.1 Å². The summed E-state index contributed by atoms with van der Waals surface area (Å²) in [6.07, 6.45) is -8.37. The van der Waals surface area contributed by atoms with E-state index in [1.165, 1.54) is 20.1 Å². The molecule has 1 N–H and O–H groups in total. The molecule has 0 saturated carbocycles. The van der Waals surface area contributed by atoms with E-state index in [9.17, 15) is 31.1 Å². The highest BCUT2D eigenvalue weighted by molar-refractivity contribution is 5.96. The second-order valence-electron chi connectivity index (χ2n) is 7.65. The van der Waals surface area contributed by atoms with E-state index in [2.05, 4.69) is 10.3 Å². The number of carbonyl (C=O) groups excluding carboxylic acids is 1. The van der Waals surface area contributed by atoms with Crippen LogP contribution in [0, 0.1) is 6.92 Å². The molecule has 1 heterocycles. The van der Waals surface area contributed by atoms with Crippen molar-refractivity contribution in [3.8, 4) is 16.9 Å². The van der Waals surface area contributed by atoms with Gasteiger partial charge in [0.05, 0.1) is 24.2 Å². The maximum atomic E-state index is 13.1. The molecule has 1 aromatic heterocycles. The fourth-order valence-electron chi connectivity index (χ4n) is 3.35. The SMILES string of the molecule is COc1cc(NC(=O)C(C)c2cc(C(F)(F)F)cc(C(F)(F)F)c2)ccc1-c1ccnc(C)c1. The summed E-state index contributed by atoms with van der Waals surface area (Å²) in [5.41, 5.74) is -0.774. The highest BCUT2D eigenvalue weighted by atomic mass is 19.4. The van der Waals surface area contributed by atoms with E-state index in [-0.39, 0.29) is 11.8 Å². The van der Waals surface area contributed by atoms with Gasteiger partial charge in [-0.3, -0.25) is 9.78 Å². The van der Waals surface area contributed by atoms with Crippen molar-refractivity contribution in [3.05, 3.63) is 77.1 Å². The molecule has 0 aliphatic rings. The molecule has 0 spiro atoms. The molecular weight excluding hydrogens is 462 g/mol. The summed E-state index contributed by atoms with van der Waals surface area (Å²) in [6, 6.07) is 9.50. The van der Waals surface area contributed by atoms with Gasteiger partial charge < -0.3 is 10.1 Å². The number of pyridine rings is 1. The number of nitrogens with zero attached hydrogens (tertiary/aromatic N) is 1. The van der Waals surface area contributed by atoms with Crippen LogP contribution in [0.5, 0.6) is 5.75 Å². The molecule has 3 aromatic rings. The van der Waals surface area contributed by atoms with Crippen LogP contribution in [0.1, 0.15) is 35.2 Å². The smallest absolute Gasteiger partial charge is 0.416 e. The Kier molecular flexibility index (Phi) is 6.90. The van der Waals surface area contributed by atoms with E-state index in [0.717, 1.165) is 11.3 Å². The Balaban J connectivity index is 1.90. The van der Waals surface area contributed by atoms with E-state index in [1.54, 1.807) is 24.4 Å². The predicted molar refractivity (Wildman–Crippen MR) is 114 cm³/mol. The standard InChI is InChI=1S/C24H20F6N2O2/c1-13-8-15(6-7-31-13)20-5-4-19(12-21(20)34-3)32-22(33)14(2)16-9-17(23(25,26)27)11-18(10-16)24(28,29)30/h4-12,14H,1-3H3,(H,32,33). The molecule has 0 aliphatic heterocycles. The monoisotopic (exact) mass is 482 g/mol. The summed E-state index contributed by atoms with van der Waals surface area (Å²) < 4.78 is 84.3. The van der Waals surface area contributed by atoms with Gasteiger partial charge in [-0.1, -0.05) is 0 Å². The quantitative estimate of drug-likeness (QED) is 0.405. The minimum atomic E-state index is -5.00. The van der Waals surface area contributed by atoms with Crippen molar-refractivity contribution in [3.63, 3.8) is 0 Å². The van der Waals surface area contributed by atoms with Gasteiger partial charge >= 0.3 is 12.4 Å². The number of carbonyl (C=O) groups is 1.